The fourth-order valence-electron chi connectivity index (χ4n) is 0.726. The molecular weight excluding hydrogens is 187 g/mol. The molecule has 0 spiro atoms. The highest BCUT2D eigenvalue weighted by atomic mass is 35.5. The lowest BCUT2D eigenvalue weighted by molar-refractivity contribution is 0.401. The highest BCUT2D eigenvalue weighted by Crippen LogP contribution is 2.40. The quantitative estimate of drug-likeness (QED) is 0.621. The maximum absolute atomic E-state index is 9.12. The first-order valence-corrected chi connectivity index (χ1v) is 3.66. The Hall–Kier alpha value is -0.600. The Bertz CT molecular complexity index is 271. The van der Waals surface area contributed by atoms with Crippen LogP contribution in [0.5, 0.6) is 11.5 Å². The molecule has 0 atom stereocenters. The van der Waals surface area contributed by atoms with Crippen LogP contribution in [-0.2, 0) is 0 Å². The molecule has 1 aromatic carbocycles. The minimum absolute atomic E-state index is 0.0187. The molecule has 0 radical (unpaired) electrons. The molecule has 0 aliphatic heterocycles. The van der Waals surface area contributed by atoms with Gasteiger partial charge in [-0.15, -0.1) is 0 Å². The molecule has 2 nitrogen and oxygen atoms in total. The summed E-state index contributed by atoms with van der Waals surface area (Å²) in [6, 6.07) is 1.49. The topological polar surface area (TPSA) is 40.5 Å². The monoisotopic (exact) mass is 192 g/mol. The van der Waals surface area contributed by atoms with Gasteiger partial charge in [-0.25, -0.2) is 0 Å². The van der Waals surface area contributed by atoms with Gasteiger partial charge in [-0.3, -0.25) is 0 Å². The van der Waals surface area contributed by atoms with E-state index in [1.165, 1.54) is 6.07 Å². The molecule has 0 aliphatic carbocycles. The number of hydrogen-bond donors (Lipinski definition) is 2. The Morgan fingerprint density at radius 1 is 1.18 bits per heavy atom. The highest BCUT2D eigenvalue weighted by molar-refractivity contribution is 6.43. The minimum atomic E-state index is -0.364. The smallest absolute Gasteiger partial charge is 0.178 e. The van der Waals surface area contributed by atoms with Gasteiger partial charge in [0, 0.05) is 0 Å². The van der Waals surface area contributed by atoms with Gasteiger partial charge in [0.05, 0.1) is 5.02 Å². The second kappa shape index (κ2) is 2.80. The van der Waals surface area contributed by atoms with Crippen LogP contribution < -0.4 is 0 Å². The first kappa shape index (κ1) is 8.50. The molecule has 0 aliphatic rings. The van der Waals surface area contributed by atoms with E-state index in [0.29, 0.717) is 5.56 Å². The molecule has 0 amide bonds. The summed E-state index contributed by atoms with van der Waals surface area (Å²) < 4.78 is 0. The Labute approximate surface area is 74.0 Å². The van der Waals surface area contributed by atoms with E-state index in [1.807, 2.05) is 0 Å². The Balaban J connectivity index is 3.46. The van der Waals surface area contributed by atoms with Crippen molar-refractivity contribution in [2.24, 2.45) is 0 Å². The van der Waals surface area contributed by atoms with Crippen LogP contribution in [0.25, 0.3) is 0 Å². The second-order valence-electron chi connectivity index (χ2n) is 2.19. The number of halogens is 2. The number of aryl methyl sites for hydroxylation is 1. The van der Waals surface area contributed by atoms with E-state index < -0.39 is 0 Å². The van der Waals surface area contributed by atoms with E-state index in [9.17, 15) is 0 Å². The molecule has 1 aromatic rings. The lowest BCUT2D eigenvalue weighted by atomic mass is 10.2. The van der Waals surface area contributed by atoms with E-state index in [2.05, 4.69) is 0 Å². The summed E-state index contributed by atoms with van der Waals surface area (Å²) in [5.74, 6) is -0.587. The lowest BCUT2D eigenvalue weighted by Crippen LogP contribution is -1.78. The summed E-state index contributed by atoms with van der Waals surface area (Å²) in [5, 5.41) is 18.4. The van der Waals surface area contributed by atoms with Gasteiger partial charge in [0.25, 0.3) is 0 Å². The van der Waals surface area contributed by atoms with Crippen molar-refractivity contribution in [2.75, 3.05) is 0 Å². The van der Waals surface area contributed by atoms with Gasteiger partial charge in [-0.1, -0.05) is 23.2 Å². The molecular formula is C7H6Cl2O2. The van der Waals surface area contributed by atoms with Crippen LogP contribution in [0.3, 0.4) is 0 Å². The van der Waals surface area contributed by atoms with Crippen LogP contribution in [0.15, 0.2) is 6.07 Å². The first-order chi connectivity index (χ1) is 5.04. The second-order valence-corrected chi connectivity index (χ2v) is 2.97. The number of aromatic hydroxyl groups is 2. The van der Waals surface area contributed by atoms with E-state index in [1.54, 1.807) is 6.92 Å². The zero-order chi connectivity index (χ0) is 8.59. The zero-order valence-corrected chi connectivity index (χ0v) is 7.24. The fourth-order valence-corrected chi connectivity index (χ4v) is 1.12. The molecule has 0 fully saturated rings. The van der Waals surface area contributed by atoms with Crippen LogP contribution in [-0.4, -0.2) is 10.2 Å². The highest BCUT2D eigenvalue weighted by Gasteiger charge is 2.11. The standard InChI is InChI=1S/C7H6Cl2O2/c1-3-2-4(8)5(9)7(11)6(3)10/h2,10-11H,1H3. The Morgan fingerprint density at radius 2 is 1.73 bits per heavy atom. The van der Waals surface area contributed by atoms with Gasteiger partial charge < -0.3 is 10.2 Å². The average Bonchev–Trinajstić information content (AvgIpc) is 1.97. The lowest BCUT2D eigenvalue weighted by Gasteiger charge is -2.04. The van der Waals surface area contributed by atoms with Crippen LogP contribution >= 0.6 is 23.2 Å². The maximum Gasteiger partial charge on any atom is 0.178 e. The molecule has 11 heavy (non-hydrogen) atoms. The number of phenolic OH excluding ortho intramolecular Hbond substituents is 2. The van der Waals surface area contributed by atoms with Crippen molar-refractivity contribution < 1.29 is 10.2 Å². The molecule has 0 unspecified atom stereocenters. The molecule has 4 heteroatoms. The third-order valence-corrected chi connectivity index (χ3v) is 2.14. The van der Waals surface area contributed by atoms with E-state index in [0.717, 1.165) is 0 Å². The van der Waals surface area contributed by atoms with Gasteiger partial charge in [0.2, 0.25) is 0 Å². The van der Waals surface area contributed by atoms with Crippen molar-refractivity contribution in [3.05, 3.63) is 21.7 Å². The third-order valence-electron chi connectivity index (χ3n) is 1.36. The predicted molar refractivity (Wildman–Crippen MR) is 44.5 cm³/mol. The molecule has 0 saturated heterocycles. The number of benzene rings is 1. The SMILES string of the molecule is Cc1cc(Cl)c(Cl)c(O)c1O. The Morgan fingerprint density at radius 3 is 2.27 bits per heavy atom. The van der Waals surface area contributed by atoms with Crippen LogP contribution in [0, 0.1) is 6.92 Å². The molecule has 0 saturated carbocycles. The average molecular weight is 193 g/mol. The summed E-state index contributed by atoms with van der Waals surface area (Å²) in [7, 11) is 0. The van der Waals surface area contributed by atoms with Crippen LogP contribution in [0.4, 0.5) is 0 Å². The van der Waals surface area contributed by atoms with Crippen molar-refractivity contribution in [1.29, 1.82) is 0 Å². The van der Waals surface area contributed by atoms with Gasteiger partial charge in [0.1, 0.15) is 5.02 Å². The van der Waals surface area contributed by atoms with Crippen LogP contribution in [0.1, 0.15) is 5.56 Å². The van der Waals surface area contributed by atoms with Crippen LogP contribution in [0.2, 0.25) is 10.0 Å². The summed E-state index contributed by atoms with van der Waals surface area (Å²) in [4.78, 5) is 0. The van der Waals surface area contributed by atoms with Crippen molar-refractivity contribution in [3.8, 4) is 11.5 Å². The molecule has 0 aromatic heterocycles. The van der Waals surface area contributed by atoms with Gasteiger partial charge in [0.15, 0.2) is 11.5 Å². The van der Waals surface area contributed by atoms with E-state index >= 15 is 0 Å². The zero-order valence-electron chi connectivity index (χ0n) is 5.73. The molecule has 60 valence electrons. The normalized spacial score (nSPS) is 10.1. The molecule has 0 bridgehead atoms. The molecule has 0 heterocycles. The number of phenols is 2. The first-order valence-electron chi connectivity index (χ1n) is 2.90. The van der Waals surface area contributed by atoms with Crippen molar-refractivity contribution >= 4 is 23.2 Å². The van der Waals surface area contributed by atoms with Gasteiger partial charge >= 0.3 is 0 Å². The largest absolute Gasteiger partial charge is 0.504 e. The van der Waals surface area contributed by atoms with Crippen molar-refractivity contribution in [1.82, 2.24) is 0 Å². The van der Waals surface area contributed by atoms with Crippen molar-refractivity contribution in [2.45, 2.75) is 6.92 Å². The van der Waals surface area contributed by atoms with Crippen molar-refractivity contribution in [3.63, 3.8) is 0 Å². The number of hydrogen-bond acceptors (Lipinski definition) is 2. The summed E-state index contributed by atoms with van der Waals surface area (Å²) in [5.41, 5.74) is 0.497. The van der Waals surface area contributed by atoms with Gasteiger partial charge in [-0.05, 0) is 18.6 Å². The van der Waals surface area contributed by atoms with E-state index in [4.69, 9.17) is 33.4 Å². The molecule has 2 N–H and O–H groups in total. The molecule has 1 rings (SSSR count). The minimum Gasteiger partial charge on any atom is -0.504 e. The predicted octanol–water partition coefficient (Wildman–Crippen LogP) is 2.71. The van der Waals surface area contributed by atoms with Gasteiger partial charge in [-0.2, -0.15) is 0 Å². The third kappa shape index (κ3) is 1.37. The summed E-state index contributed by atoms with van der Waals surface area (Å²) in [6.07, 6.45) is 0. The Kier molecular flexibility index (Phi) is 2.16. The maximum atomic E-state index is 9.12. The fraction of sp³-hybridized carbons (Fsp3) is 0.143. The summed E-state index contributed by atoms with van der Waals surface area (Å²) >= 11 is 11.1. The van der Waals surface area contributed by atoms with E-state index in [-0.39, 0.29) is 21.5 Å². The summed E-state index contributed by atoms with van der Waals surface area (Å²) in [6.45, 7) is 1.62. The number of rotatable bonds is 0.